The lowest BCUT2D eigenvalue weighted by molar-refractivity contribution is -0.349. The fourth-order valence-electron chi connectivity index (χ4n) is 3.22. The standard InChI is InChI=1S/C15H23NO12/c17-3-5-8(20)9(21)12(24)15(26-5)27-13-6(4-18)25-14(11(23)10(13)22)16-2-1-7(19)28-16/h1-2,5-6,8-15,17-18,20-24H,3-4H2/t5-,6-,8-,9+,10-,11-,12-,13-,14-,15-/m1/s1. The molecule has 10 atom stereocenters. The third kappa shape index (κ3) is 3.86. The summed E-state index contributed by atoms with van der Waals surface area (Å²) in [6, 6.07) is 1.06. The Bertz CT molecular complexity index is 689. The normalized spacial score (nSPS) is 44.5. The van der Waals surface area contributed by atoms with Gasteiger partial charge in [0.2, 0.25) is 0 Å². The van der Waals surface area contributed by atoms with E-state index in [9.17, 15) is 40.5 Å². The minimum atomic E-state index is -1.75. The van der Waals surface area contributed by atoms with Crippen LogP contribution in [0, 0.1) is 0 Å². The smallest absolute Gasteiger partial charge is 0.357 e. The zero-order valence-electron chi connectivity index (χ0n) is 14.5. The fourth-order valence-corrected chi connectivity index (χ4v) is 3.22. The average Bonchev–Trinajstić information content (AvgIpc) is 3.11. The topological polar surface area (TPSA) is 204 Å². The van der Waals surface area contributed by atoms with Gasteiger partial charge in [0.15, 0.2) is 12.5 Å². The summed E-state index contributed by atoms with van der Waals surface area (Å²) in [5.74, 6) is 0. The van der Waals surface area contributed by atoms with E-state index in [0.717, 1.165) is 10.8 Å². The van der Waals surface area contributed by atoms with Gasteiger partial charge in [-0.3, -0.25) is 0 Å². The highest BCUT2D eigenvalue weighted by Crippen LogP contribution is 2.32. The van der Waals surface area contributed by atoms with Crippen LogP contribution >= 0.6 is 0 Å². The van der Waals surface area contributed by atoms with Crippen LogP contribution in [0.1, 0.15) is 6.23 Å². The molecule has 0 bridgehead atoms. The van der Waals surface area contributed by atoms with Gasteiger partial charge in [0, 0.05) is 12.3 Å². The lowest BCUT2D eigenvalue weighted by Gasteiger charge is -2.45. The monoisotopic (exact) mass is 409 g/mol. The average molecular weight is 409 g/mol. The lowest BCUT2D eigenvalue weighted by Crippen LogP contribution is -2.63. The minimum Gasteiger partial charge on any atom is -0.394 e. The van der Waals surface area contributed by atoms with Crippen molar-refractivity contribution in [2.75, 3.05) is 13.2 Å². The number of hydrogen-bond donors (Lipinski definition) is 7. The number of aliphatic hydroxyl groups excluding tert-OH is 7. The Morgan fingerprint density at radius 3 is 2.14 bits per heavy atom. The highest BCUT2D eigenvalue weighted by molar-refractivity contribution is 4.95. The zero-order chi connectivity index (χ0) is 20.6. The van der Waals surface area contributed by atoms with Crippen LogP contribution in [0.15, 0.2) is 21.6 Å². The predicted octanol–water partition coefficient (Wildman–Crippen LogP) is -4.76. The van der Waals surface area contributed by atoms with E-state index in [2.05, 4.69) is 0 Å². The van der Waals surface area contributed by atoms with Crippen LogP contribution < -0.4 is 5.63 Å². The number of nitrogens with zero attached hydrogens (tertiary/aromatic N) is 1. The molecular weight excluding hydrogens is 386 g/mol. The Hall–Kier alpha value is -1.39. The van der Waals surface area contributed by atoms with E-state index >= 15 is 0 Å². The van der Waals surface area contributed by atoms with Gasteiger partial charge in [0.1, 0.15) is 48.8 Å². The Balaban J connectivity index is 1.77. The first-order chi connectivity index (χ1) is 13.3. The largest absolute Gasteiger partial charge is 0.394 e. The predicted molar refractivity (Wildman–Crippen MR) is 84.6 cm³/mol. The van der Waals surface area contributed by atoms with E-state index in [1.807, 2.05) is 0 Å². The van der Waals surface area contributed by atoms with Gasteiger partial charge < -0.3 is 54.5 Å². The third-order valence-electron chi connectivity index (χ3n) is 4.78. The van der Waals surface area contributed by atoms with Gasteiger partial charge in [0.05, 0.1) is 13.2 Å². The molecule has 1 aromatic heterocycles. The molecule has 0 spiro atoms. The summed E-state index contributed by atoms with van der Waals surface area (Å²) in [5.41, 5.74) is -0.717. The second-order valence-electron chi connectivity index (χ2n) is 6.61. The molecule has 28 heavy (non-hydrogen) atoms. The van der Waals surface area contributed by atoms with E-state index in [0.29, 0.717) is 0 Å². The van der Waals surface area contributed by atoms with Gasteiger partial charge in [-0.25, -0.2) is 4.79 Å². The maximum absolute atomic E-state index is 11.2. The molecule has 2 aliphatic heterocycles. The maximum Gasteiger partial charge on any atom is 0.357 e. The van der Waals surface area contributed by atoms with Crippen LogP contribution in [0.2, 0.25) is 0 Å². The molecule has 2 aliphatic rings. The molecule has 7 N–H and O–H groups in total. The molecule has 1 aromatic rings. The molecule has 0 amide bonds. The van der Waals surface area contributed by atoms with Crippen LogP contribution in [-0.4, -0.2) is 109 Å². The Labute approximate surface area is 157 Å². The molecule has 2 fully saturated rings. The summed E-state index contributed by atoms with van der Waals surface area (Å²) in [6.07, 6.45) is -14.1. The molecule has 0 saturated carbocycles. The lowest BCUT2D eigenvalue weighted by atomic mass is 9.96. The second kappa shape index (κ2) is 8.54. The Kier molecular flexibility index (Phi) is 6.51. The van der Waals surface area contributed by atoms with Crippen LogP contribution in [0.25, 0.3) is 0 Å². The first-order valence-corrected chi connectivity index (χ1v) is 8.55. The van der Waals surface area contributed by atoms with E-state index in [1.54, 1.807) is 0 Å². The summed E-state index contributed by atoms with van der Waals surface area (Å²) >= 11 is 0. The van der Waals surface area contributed by atoms with Crippen LogP contribution in [-0.2, 0) is 14.2 Å². The van der Waals surface area contributed by atoms with Crippen molar-refractivity contribution in [3.63, 3.8) is 0 Å². The van der Waals surface area contributed by atoms with Crippen molar-refractivity contribution < 1.29 is 54.5 Å². The summed E-state index contributed by atoms with van der Waals surface area (Å²) in [4.78, 5) is 11.2. The van der Waals surface area contributed by atoms with E-state index in [1.165, 1.54) is 6.20 Å². The molecular formula is C15H23NO12. The molecule has 0 unspecified atom stereocenters. The van der Waals surface area contributed by atoms with Gasteiger partial charge in [-0.2, -0.15) is 4.74 Å². The first kappa shape index (κ1) is 21.3. The number of aliphatic hydroxyl groups is 7. The maximum atomic E-state index is 11.2. The SMILES string of the molecule is O=c1ccn([C@@H]2O[C@H](CO)[C@@H](O[C@H]3O[C@H](CO)[C@@H](O)[C@H](O)[C@H]3O)[C@H](O)[C@H]2O)o1. The third-order valence-corrected chi connectivity index (χ3v) is 4.78. The van der Waals surface area contributed by atoms with E-state index in [4.69, 9.17) is 18.7 Å². The van der Waals surface area contributed by atoms with Gasteiger partial charge >= 0.3 is 5.63 Å². The summed E-state index contributed by atoms with van der Waals surface area (Å²) in [5, 5.41) is 69.2. The van der Waals surface area contributed by atoms with Gasteiger partial charge in [-0.1, -0.05) is 0 Å². The van der Waals surface area contributed by atoms with Gasteiger partial charge in [-0.05, 0) is 0 Å². The van der Waals surface area contributed by atoms with Crippen molar-refractivity contribution in [2.45, 2.75) is 61.3 Å². The van der Waals surface area contributed by atoms with Crippen molar-refractivity contribution in [1.29, 1.82) is 0 Å². The molecule has 2 saturated heterocycles. The summed E-state index contributed by atoms with van der Waals surface area (Å²) in [7, 11) is 0. The van der Waals surface area contributed by atoms with Crippen molar-refractivity contribution in [3.8, 4) is 0 Å². The summed E-state index contributed by atoms with van der Waals surface area (Å²) in [6.45, 7) is -1.37. The number of rotatable bonds is 5. The van der Waals surface area contributed by atoms with Gasteiger partial charge in [0.25, 0.3) is 0 Å². The van der Waals surface area contributed by atoms with Crippen LogP contribution in [0.5, 0.6) is 0 Å². The number of hydrogen-bond acceptors (Lipinski definition) is 12. The number of ether oxygens (including phenoxy) is 3. The molecule has 0 aromatic carbocycles. The molecule has 0 aliphatic carbocycles. The Morgan fingerprint density at radius 1 is 0.893 bits per heavy atom. The molecule has 3 heterocycles. The Morgan fingerprint density at radius 2 is 1.57 bits per heavy atom. The molecule has 160 valence electrons. The fraction of sp³-hybridized carbons (Fsp3) is 0.800. The van der Waals surface area contributed by atoms with E-state index in [-0.39, 0.29) is 0 Å². The molecule has 13 nitrogen and oxygen atoms in total. The minimum absolute atomic E-state index is 0.685. The molecule has 13 heteroatoms. The second-order valence-corrected chi connectivity index (χ2v) is 6.61. The highest BCUT2D eigenvalue weighted by Gasteiger charge is 2.51. The molecule has 0 radical (unpaired) electrons. The van der Waals surface area contributed by atoms with Gasteiger partial charge in [-0.15, -0.1) is 0 Å². The van der Waals surface area contributed by atoms with E-state index < -0.39 is 80.2 Å². The molecule has 3 rings (SSSR count). The quantitative estimate of drug-likeness (QED) is 0.245. The number of aromatic nitrogens is 1. The van der Waals surface area contributed by atoms with Crippen molar-refractivity contribution >= 4 is 0 Å². The van der Waals surface area contributed by atoms with Crippen molar-refractivity contribution in [1.82, 2.24) is 4.74 Å². The zero-order valence-corrected chi connectivity index (χ0v) is 14.5. The highest BCUT2D eigenvalue weighted by atomic mass is 16.7. The van der Waals surface area contributed by atoms with Crippen LogP contribution in [0.4, 0.5) is 0 Å². The van der Waals surface area contributed by atoms with Crippen molar-refractivity contribution in [3.05, 3.63) is 22.7 Å². The van der Waals surface area contributed by atoms with Crippen LogP contribution in [0.3, 0.4) is 0 Å². The summed E-state index contributed by atoms with van der Waals surface area (Å²) < 4.78 is 21.7. The first-order valence-electron chi connectivity index (χ1n) is 8.55. The van der Waals surface area contributed by atoms with Crippen molar-refractivity contribution in [2.24, 2.45) is 0 Å².